The minimum absolute atomic E-state index is 0. The summed E-state index contributed by atoms with van der Waals surface area (Å²) in [5, 5.41) is 6.66. The van der Waals surface area contributed by atoms with Crippen LogP contribution in [-0.4, -0.2) is 62.8 Å². The Labute approximate surface area is 203 Å². The molecule has 1 aromatic rings. The van der Waals surface area contributed by atoms with E-state index in [9.17, 15) is 4.79 Å². The summed E-state index contributed by atoms with van der Waals surface area (Å²) in [6.45, 7) is 9.20. The van der Waals surface area contributed by atoms with E-state index in [1.807, 2.05) is 4.90 Å². The van der Waals surface area contributed by atoms with Crippen molar-refractivity contribution in [2.75, 3.05) is 46.1 Å². The number of guanidine groups is 1. The first kappa shape index (κ1) is 25.9. The molecule has 1 aromatic carbocycles. The van der Waals surface area contributed by atoms with Gasteiger partial charge in [0.05, 0.1) is 19.8 Å². The van der Waals surface area contributed by atoms with E-state index < -0.39 is 0 Å². The van der Waals surface area contributed by atoms with Gasteiger partial charge >= 0.3 is 0 Å². The molecule has 0 saturated carbocycles. The molecule has 1 atom stereocenters. The summed E-state index contributed by atoms with van der Waals surface area (Å²) in [5.74, 6) is 1.66. The summed E-state index contributed by atoms with van der Waals surface area (Å²) in [7, 11) is 0. The van der Waals surface area contributed by atoms with Crippen LogP contribution in [0, 0.1) is 5.92 Å². The van der Waals surface area contributed by atoms with Crippen LogP contribution in [0.4, 0.5) is 0 Å². The number of likely N-dealkylation sites (tertiary alicyclic amines) is 1. The molecule has 0 aromatic heterocycles. The fraction of sp³-hybridized carbons (Fsp3) is 0.652. The minimum Gasteiger partial charge on any atom is -0.381 e. The number of rotatable bonds is 11. The van der Waals surface area contributed by atoms with Gasteiger partial charge in [-0.15, -0.1) is 24.0 Å². The Bertz CT molecular complexity index is 678. The van der Waals surface area contributed by atoms with Gasteiger partial charge in [0.1, 0.15) is 0 Å². The van der Waals surface area contributed by atoms with E-state index in [1.165, 1.54) is 5.56 Å². The number of hydrogen-bond acceptors (Lipinski definition) is 4. The van der Waals surface area contributed by atoms with Crippen LogP contribution < -0.4 is 10.6 Å². The van der Waals surface area contributed by atoms with Crippen molar-refractivity contribution in [1.29, 1.82) is 0 Å². The van der Waals surface area contributed by atoms with Gasteiger partial charge in [-0.25, -0.2) is 4.99 Å². The lowest BCUT2D eigenvalue weighted by Gasteiger charge is -2.15. The lowest BCUT2D eigenvalue weighted by atomic mass is 10.1. The number of hydrogen-bond donors (Lipinski definition) is 2. The third-order valence-corrected chi connectivity index (χ3v) is 5.47. The van der Waals surface area contributed by atoms with Crippen molar-refractivity contribution in [1.82, 2.24) is 15.5 Å². The van der Waals surface area contributed by atoms with Gasteiger partial charge in [-0.2, -0.15) is 0 Å². The normalized spacial score (nSPS) is 18.9. The zero-order chi connectivity index (χ0) is 21.0. The van der Waals surface area contributed by atoms with E-state index in [0.29, 0.717) is 25.4 Å². The smallest absolute Gasteiger partial charge is 0.222 e. The standard InChI is InChI=1S/C23H36N4O3.HI/c1-2-24-23(25-11-4-13-29-17-21-10-14-30-18-21)26-15-19-6-8-20(9-7-19)16-27-12-3-5-22(27)28;/h6-9,21H,2-5,10-18H2,1H3,(H2,24,25,26);1H. The van der Waals surface area contributed by atoms with Crippen molar-refractivity contribution in [2.24, 2.45) is 10.9 Å². The monoisotopic (exact) mass is 544 g/mol. The van der Waals surface area contributed by atoms with Crippen molar-refractivity contribution >= 4 is 35.8 Å². The number of carbonyl (C=O) groups excluding carboxylic acids is 1. The molecule has 8 heteroatoms. The lowest BCUT2D eigenvalue weighted by molar-refractivity contribution is -0.128. The summed E-state index contributed by atoms with van der Waals surface area (Å²) in [4.78, 5) is 18.4. The number of aliphatic imine (C=N–C) groups is 1. The highest BCUT2D eigenvalue weighted by atomic mass is 127. The second kappa shape index (κ2) is 14.6. The summed E-state index contributed by atoms with van der Waals surface area (Å²) in [6, 6.07) is 8.40. The molecule has 2 aliphatic rings. The van der Waals surface area contributed by atoms with Crippen molar-refractivity contribution in [3.05, 3.63) is 35.4 Å². The summed E-state index contributed by atoms with van der Waals surface area (Å²) in [6.07, 6.45) is 3.73. The van der Waals surface area contributed by atoms with Gasteiger partial charge in [0.15, 0.2) is 5.96 Å². The molecule has 174 valence electrons. The first-order chi connectivity index (χ1) is 14.7. The Morgan fingerprint density at radius 3 is 2.74 bits per heavy atom. The molecule has 0 aliphatic carbocycles. The van der Waals surface area contributed by atoms with Gasteiger partial charge in [-0.3, -0.25) is 4.79 Å². The van der Waals surface area contributed by atoms with Gasteiger partial charge in [0.2, 0.25) is 5.91 Å². The number of nitrogens with zero attached hydrogens (tertiary/aromatic N) is 2. The van der Waals surface area contributed by atoms with Gasteiger partial charge in [-0.05, 0) is 37.3 Å². The highest BCUT2D eigenvalue weighted by Crippen LogP contribution is 2.15. The van der Waals surface area contributed by atoms with Gasteiger partial charge in [0, 0.05) is 51.7 Å². The molecule has 2 heterocycles. The van der Waals surface area contributed by atoms with E-state index in [0.717, 1.165) is 76.8 Å². The fourth-order valence-corrected chi connectivity index (χ4v) is 3.70. The summed E-state index contributed by atoms with van der Waals surface area (Å²) >= 11 is 0. The zero-order valence-corrected chi connectivity index (χ0v) is 20.9. The minimum atomic E-state index is 0. The topological polar surface area (TPSA) is 75.2 Å². The van der Waals surface area contributed by atoms with Crippen LogP contribution in [0.5, 0.6) is 0 Å². The number of benzene rings is 1. The molecule has 0 bridgehead atoms. The molecule has 1 unspecified atom stereocenters. The molecule has 2 fully saturated rings. The van der Waals surface area contributed by atoms with E-state index in [1.54, 1.807) is 0 Å². The molecule has 2 N–H and O–H groups in total. The zero-order valence-electron chi connectivity index (χ0n) is 18.6. The highest BCUT2D eigenvalue weighted by Gasteiger charge is 2.19. The molecule has 2 saturated heterocycles. The number of carbonyl (C=O) groups is 1. The first-order valence-corrected chi connectivity index (χ1v) is 11.3. The SMILES string of the molecule is CCNC(=NCc1ccc(CN2CCCC2=O)cc1)NCCCOCC1CCOC1.I. The van der Waals surface area contributed by atoms with E-state index in [4.69, 9.17) is 9.47 Å². The second-order valence-electron chi connectivity index (χ2n) is 8.02. The van der Waals surface area contributed by atoms with Crippen molar-refractivity contribution < 1.29 is 14.3 Å². The lowest BCUT2D eigenvalue weighted by Crippen LogP contribution is -2.38. The second-order valence-corrected chi connectivity index (χ2v) is 8.02. The summed E-state index contributed by atoms with van der Waals surface area (Å²) in [5.41, 5.74) is 2.33. The number of nitrogens with one attached hydrogen (secondary N) is 2. The summed E-state index contributed by atoms with van der Waals surface area (Å²) < 4.78 is 11.1. The Morgan fingerprint density at radius 1 is 1.26 bits per heavy atom. The first-order valence-electron chi connectivity index (χ1n) is 11.3. The van der Waals surface area contributed by atoms with E-state index in [-0.39, 0.29) is 29.9 Å². The maximum Gasteiger partial charge on any atom is 0.222 e. The fourth-order valence-electron chi connectivity index (χ4n) is 3.70. The predicted molar refractivity (Wildman–Crippen MR) is 134 cm³/mol. The van der Waals surface area contributed by atoms with E-state index >= 15 is 0 Å². The molecule has 3 rings (SSSR count). The molecule has 1 amide bonds. The van der Waals surface area contributed by atoms with Crippen molar-refractivity contribution in [3.63, 3.8) is 0 Å². The van der Waals surface area contributed by atoms with Crippen LogP contribution >= 0.6 is 24.0 Å². The van der Waals surface area contributed by atoms with Gasteiger partial charge in [0.25, 0.3) is 0 Å². The maximum atomic E-state index is 11.8. The Hall–Kier alpha value is -1.39. The van der Waals surface area contributed by atoms with Crippen LogP contribution in [0.25, 0.3) is 0 Å². The number of amides is 1. The van der Waals surface area contributed by atoms with Crippen molar-refractivity contribution in [2.45, 2.75) is 45.7 Å². The Kier molecular flexibility index (Phi) is 12.2. The van der Waals surface area contributed by atoms with Crippen LogP contribution in [0.1, 0.15) is 43.7 Å². The van der Waals surface area contributed by atoms with Gasteiger partial charge < -0.3 is 25.0 Å². The van der Waals surface area contributed by atoms with Crippen molar-refractivity contribution in [3.8, 4) is 0 Å². The number of halogens is 1. The van der Waals surface area contributed by atoms with Crippen LogP contribution in [0.3, 0.4) is 0 Å². The third-order valence-electron chi connectivity index (χ3n) is 5.47. The van der Waals surface area contributed by atoms with Crippen LogP contribution in [0.15, 0.2) is 29.3 Å². The average molecular weight is 544 g/mol. The average Bonchev–Trinajstić information content (AvgIpc) is 3.42. The maximum absolute atomic E-state index is 11.8. The molecular formula is C23H37IN4O3. The molecule has 0 spiro atoms. The third kappa shape index (κ3) is 9.33. The Balaban J connectivity index is 0.00000341. The highest BCUT2D eigenvalue weighted by molar-refractivity contribution is 14.0. The quantitative estimate of drug-likeness (QED) is 0.194. The molecule has 31 heavy (non-hydrogen) atoms. The Morgan fingerprint density at radius 2 is 2.06 bits per heavy atom. The molecule has 2 aliphatic heterocycles. The molecular weight excluding hydrogens is 507 g/mol. The molecule has 7 nitrogen and oxygen atoms in total. The number of ether oxygens (including phenoxy) is 2. The molecule has 0 radical (unpaired) electrons. The van der Waals surface area contributed by atoms with Gasteiger partial charge in [-0.1, -0.05) is 24.3 Å². The van der Waals surface area contributed by atoms with E-state index in [2.05, 4.69) is 46.8 Å². The van der Waals surface area contributed by atoms with Crippen LogP contribution in [-0.2, 0) is 27.4 Å². The van der Waals surface area contributed by atoms with Crippen LogP contribution in [0.2, 0.25) is 0 Å². The predicted octanol–water partition coefficient (Wildman–Crippen LogP) is 2.93. The largest absolute Gasteiger partial charge is 0.381 e.